The summed E-state index contributed by atoms with van der Waals surface area (Å²) in [7, 11) is 6.40. The monoisotopic (exact) mass is 1170 g/mol. The average molecular weight is 1170 g/mol. The summed E-state index contributed by atoms with van der Waals surface area (Å²) in [4.78, 5) is 88.7. The van der Waals surface area contributed by atoms with Crippen molar-refractivity contribution in [2.45, 2.75) is 148 Å². The summed E-state index contributed by atoms with van der Waals surface area (Å²) in [6, 6.07) is 24.3. The number of carbonyl (C=O) groups excluding carboxylic acids is 6. The minimum absolute atomic E-state index is 0.000162. The quantitative estimate of drug-likeness (QED) is 0.0317. The number of carbonyl (C=O) groups is 6. The van der Waals surface area contributed by atoms with Gasteiger partial charge >= 0.3 is 0 Å². The highest BCUT2D eigenvalue weighted by Crippen LogP contribution is 2.44. The van der Waals surface area contributed by atoms with Crippen LogP contribution in [0.5, 0.6) is 23.0 Å². The lowest BCUT2D eigenvalue weighted by molar-refractivity contribution is -0.130. The van der Waals surface area contributed by atoms with Crippen molar-refractivity contribution < 1.29 is 47.7 Å². The number of ketones is 1. The van der Waals surface area contributed by atoms with Gasteiger partial charge in [0.2, 0.25) is 17.7 Å². The number of methoxy groups -OCH3 is 2. The molecular weight excluding hydrogens is 1090 g/mol. The summed E-state index contributed by atoms with van der Waals surface area (Å²) in [6.07, 6.45) is 7.52. The Hall–Kier alpha value is -7.51. The van der Waals surface area contributed by atoms with Gasteiger partial charge in [0.1, 0.15) is 31.1 Å². The van der Waals surface area contributed by atoms with Crippen LogP contribution in [-0.2, 0) is 45.2 Å². The zero-order valence-corrected chi connectivity index (χ0v) is 50.4. The predicted octanol–water partition coefficient (Wildman–Crippen LogP) is 11.3. The van der Waals surface area contributed by atoms with E-state index in [0.29, 0.717) is 94.0 Å². The van der Waals surface area contributed by atoms with Crippen LogP contribution in [-0.4, -0.2) is 97.0 Å². The summed E-state index contributed by atoms with van der Waals surface area (Å²) in [6.45, 7) is 13.8. The number of rotatable bonds is 25. The van der Waals surface area contributed by atoms with Crippen LogP contribution in [0.4, 0.5) is 28.4 Å². The Bertz CT molecular complexity index is 3330. The third-order valence-corrected chi connectivity index (χ3v) is 18.9. The molecule has 0 aromatic heterocycles. The largest absolute Gasteiger partial charge is 0.493 e. The Morgan fingerprint density at radius 1 is 0.759 bits per heavy atom. The first kappa shape index (κ1) is 60.1. The standard InChI is InChI=1S/C64H75N7O10S2/c1-10-14-37(2)43-18-19-54-45(26-43)28-48-34-66-52-32-58(56(79-9)30-50(52)63(77)71(48)54)81-36-42-23-41(35-80-57-31-51-49(29-55(57)78-8)62(76)70-47(33-65-51)27-44-16-11-12-17-53(44)70)24-46(25-42)69-61(75)40(5)68-60(74)39(4)67-59(73)20-21-64(6,7)83-82-22-13-15-38(3)72/h11-12,16-19,23-26,29-33,37,39-40,47-48,66H,10,13-15,20-22,27-28,34-36H2,1-9H3,(H,67,73)(H,68,74)(H,69,75)/t37?,39-,40-,47-,48-/m0/s1. The second-order valence-electron chi connectivity index (χ2n) is 22.5. The molecule has 5 aromatic rings. The molecule has 4 heterocycles. The first-order valence-electron chi connectivity index (χ1n) is 28.5. The third-order valence-electron chi connectivity index (χ3n) is 15.5. The third kappa shape index (κ3) is 14.1. The first-order valence-corrected chi connectivity index (χ1v) is 30.8. The van der Waals surface area contributed by atoms with E-state index in [1.54, 1.807) is 89.9 Å². The molecule has 0 saturated heterocycles. The highest BCUT2D eigenvalue weighted by Gasteiger charge is 2.39. The van der Waals surface area contributed by atoms with Crippen molar-refractivity contribution in [1.29, 1.82) is 0 Å². The van der Waals surface area contributed by atoms with Gasteiger partial charge in [-0.1, -0.05) is 72.2 Å². The van der Waals surface area contributed by atoms with Crippen molar-refractivity contribution in [1.82, 2.24) is 10.6 Å². The van der Waals surface area contributed by atoms with E-state index in [4.69, 9.17) is 23.9 Å². The van der Waals surface area contributed by atoms with E-state index in [1.165, 1.54) is 25.3 Å². The topological polar surface area (TPSA) is 206 Å². The normalized spacial score (nSPS) is 16.7. The van der Waals surface area contributed by atoms with Crippen LogP contribution in [0, 0.1) is 0 Å². The maximum atomic E-state index is 14.5. The molecule has 0 fully saturated rings. The van der Waals surface area contributed by atoms with E-state index < -0.39 is 23.9 Å². The minimum atomic E-state index is -1.01. The second kappa shape index (κ2) is 26.4. The molecule has 5 amide bonds. The Kier molecular flexibility index (Phi) is 19.1. The smallest absolute Gasteiger partial charge is 0.261 e. The van der Waals surface area contributed by atoms with E-state index in [9.17, 15) is 28.8 Å². The molecule has 4 aliphatic heterocycles. The number of aliphatic imine (C=N–C) groups is 1. The SMILES string of the molecule is CCCC(C)c1ccc2c(c1)C[C@H]1CNc3cc(OCc4cc(COc5cc6c(cc5OC)C(=O)N5c7ccccc7C[C@H]5C=N6)cc(NC(=O)[C@H](C)NC(=O)[C@H](C)NC(=O)CCC(C)(C)SSCCCC(C)=O)c4)c(OC)cc3C(=O)N21. The van der Waals surface area contributed by atoms with Crippen molar-refractivity contribution in [2.24, 2.45) is 4.99 Å². The summed E-state index contributed by atoms with van der Waals surface area (Å²) >= 11 is 0. The van der Waals surface area contributed by atoms with Gasteiger partial charge in [-0.25, -0.2) is 0 Å². The molecule has 1 unspecified atom stereocenters. The summed E-state index contributed by atoms with van der Waals surface area (Å²) in [5.74, 6) is 1.22. The van der Waals surface area contributed by atoms with Crippen LogP contribution < -0.4 is 50.0 Å². The molecule has 17 nitrogen and oxygen atoms in total. The highest BCUT2D eigenvalue weighted by molar-refractivity contribution is 8.77. The zero-order chi connectivity index (χ0) is 59.1. The number of Topliss-reactive ketones (excluding diaryl/α,β-unsaturated/α-hetero) is 1. The molecule has 0 aliphatic carbocycles. The van der Waals surface area contributed by atoms with Crippen LogP contribution in [0.15, 0.2) is 89.9 Å². The molecule has 0 radical (unpaired) electrons. The number of anilines is 4. The Balaban J connectivity index is 0.907. The fourth-order valence-corrected chi connectivity index (χ4v) is 13.6. The van der Waals surface area contributed by atoms with Gasteiger partial charge in [-0.15, -0.1) is 0 Å². The molecule has 0 spiro atoms. The van der Waals surface area contributed by atoms with Crippen molar-refractivity contribution in [3.63, 3.8) is 0 Å². The van der Waals surface area contributed by atoms with Crippen molar-refractivity contribution in [3.05, 3.63) is 124 Å². The molecule has 19 heteroatoms. The molecule has 4 aliphatic rings. The fourth-order valence-electron chi connectivity index (χ4n) is 11.0. The first-order chi connectivity index (χ1) is 39.8. The number of amides is 5. The van der Waals surface area contributed by atoms with Crippen LogP contribution in [0.1, 0.15) is 141 Å². The molecule has 0 saturated carbocycles. The number of hydrogen-bond acceptors (Lipinski definition) is 14. The summed E-state index contributed by atoms with van der Waals surface area (Å²) in [5, 5.41) is 12.0. The van der Waals surface area contributed by atoms with Crippen LogP contribution >= 0.6 is 21.6 Å². The van der Waals surface area contributed by atoms with Gasteiger partial charge in [-0.3, -0.25) is 33.9 Å². The number of nitrogens with zero attached hydrogens (tertiary/aromatic N) is 3. The second-order valence-corrected chi connectivity index (χ2v) is 25.6. The molecule has 83 heavy (non-hydrogen) atoms. The summed E-state index contributed by atoms with van der Waals surface area (Å²) in [5.41, 5.74) is 8.85. The number of para-hydroxylation sites is 1. The van der Waals surface area contributed by atoms with Crippen molar-refractivity contribution in [2.75, 3.05) is 47.0 Å². The lowest BCUT2D eigenvalue weighted by atomic mass is 9.94. The number of nitrogens with one attached hydrogen (secondary N) is 4. The van der Waals surface area contributed by atoms with Crippen LogP contribution in [0.2, 0.25) is 0 Å². The van der Waals surface area contributed by atoms with Crippen LogP contribution in [0.25, 0.3) is 0 Å². The number of fused-ring (bicyclic) bond motifs is 8. The predicted molar refractivity (Wildman–Crippen MR) is 330 cm³/mol. The number of benzene rings is 5. The minimum Gasteiger partial charge on any atom is -0.493 e. The van der Waals surface area contributed by atoms with E-state index in [1.807, 2.05) is 35.2 Å². The molecule has 5 atom stereocenters. The molecule has 0 bridgehead atoms. The van der Waals surface area contributed by atoms with E-state index >= 15 is 0 Å². The van der Waals surface area contributed by atoms with Gasteiger partial charge in [-0.2, -0.15) is 0 Å². The fraction of sp³-hybridized carbons (Fsp3) is 0.422. The van der Waals surface area contributed by atoms with E-state index in [0.717, 1.165) is 48.4 Å². The Morgan fingerprint density at radius 3 is 2.14 bits per heavy atom. The summed E-state index contributed by atoms with van der Waals surface area (Å²) < 4.78 is 24.5. The Labute approximate surface area is 494 Å². The maximum absolute atomic E-state index is 14.5. The van der Waals surface area contributed by atoms with E-state index in [2.05, 4.69) is 67.2 Å². The molecule has 4 N–H and O–H groups in total. The van der Waals surface area contributed by atoms with E-state index in [-0.39, 0.29) is 60.0 Å². The van der Waals surface area contributed by atoms with Gasteiger partial charge in [0.05, 0.1) is 48.8 Å². The van der Waals surface area contributed by atoms with Gasteiger partial charge < -0.3 is 49.9 Å². The molecular formula is C64H75N7O10S2. The number of hydrogen-bond donors (Lipinski definition) is 4. The van der Waals surface area contributed by atoms with Gasteiger partial charge in [0.25, 0.3) is 11.8 Å². The van der Waals surface area contributed by atoms with Crippen molar-refractivity contribution in [3.8, 4) is 23.0 Å². The zero-order valence-electron chi connectivity index (χ0n) is 48.8. The van der Waals surface area contributed by atoms with Gasteiger partial charge in [0.15, 0.2) is 23.0 Å². The maximum Gasteiger partial charge on any atom is 0.261 e. The van der Waals surface area contributed by atoms with Gasteiger partial charge in [-0.05, 0) is 137 Å². The van der Waals surface area contributed by atoms with Crippen molar-refractivity contribution >= 4 is 91.6 Å². The lowest BCUT2D eigenvalue weighted by Crippen LogP contribution is -2.50. The number of ether oxygens (including phenoxy) is 4. The molecule has 9 rings (SSSR count). The Morgan fingerprint density at radius 2 is 1.43 bits per heavy atom. The van der Waals surface area contributed by atoms with Crippen LogP contribution in [0.3, 0.4) is 0 Å². The highest BCUT2D eigenvalue weighted by atomic mass is 33.1. The van der Waals surface area contributed by atoms with Gasteiger partial charge in [0, 0.05) is 71.7 Å². The average Bonchev–Trinajstić information content (AvgIpc) is 2.67. The molecule has 438 valence electrons. The molecule has 5 aromatic carbocycles. The lowest BCUT2D eigenvalue weighted by Gasteiger charge is -2.23.